The molecular formula is C15H15F2N. The van der Waals surface area contributed by atoms with Gasteiger partial charge in [-0.25, -0.2) is 8.78 Å². The van der Waals surface area contributed by atoms with Gasteiger partial charge in [-0.2, -0.15) is 0 Å². The van der Waals surface area contributed by atoms with Crippen molar-refractivity contribution in [3.63, 3.8) is 0 Å². The van der Waals surface area contributed by atoms with Crippen molar-refractivity contribution in [2.45, 2.75) is 19.9 Å². The van der Waals surface area contributed by atoms with Crippen LogP contribution in [-0.2, 0) is 0 Å². The minimum Gasteiger partial charge on any atom is -0.379 e. The smallest absolute Gasteiger partial charge is 0.159 e. The van der Waals surface area contributed by atoms with Crippen LogP contribution in [-0.4, -0.2) is 0 Å². The molecule has 1 atom stereocenters. The van der Waals surface area contributed by atoms with Crippen molar-refractivity contribution in [3.05, 3.63) is 65.2 Å². The minimum absolute atomic E-state index is 0.0816. The molecule has 0 aliphatic carbocycles. The molecule has 1 unspecified atom stereocenters. The molecule has 3 heteroatoms. The van der Waals surface area contributed by atoms with Crippen LogP contribution >= 0.6 is 0 Å². The van der Waals surface area contributed by atoms with Gasteiger partial charge in [-0.1, -0.05) is 18.2 Å². The third kappa shape index (κ3) is 2.86. The molecule has 0 radical (unpaired) electrons. The maximum absolute atomic E-state index is 13.1. The highest BCUT2D eigenvalue weighted by Gasteiger charge is 2.09. The van der Waals surface area contributed by atoms with Crippen molar-refractivity contribution >= 4 is 5.69 Å². The van der Waals surface area contributed by atoms with Crippen molar-refractivity contribution in [1.29, 1.82) is 0 Å². The second-order valence-corrected chi connectivity index (χ2v) is 4.41. The summed E-state index contributed by atoms with van der Waals surface area (Å²) < 4.78 is 26.0. The van der Waals surface area contributed by atoms with Crippen molar-refractivity contribution < 1.29 is 8.78 Å². The van der Waals surface area contributed by atoms with Crippen LogP contribution in [0.2, 0.25) is 0 Å². The standard InChI is InChI=1S/C15H15F2N/c1-10-4-3-5-13(8-10)18-11(2)12-6-7-14(16)15(17)9-12/h3-9,11,18H,1-2H3. The van der Waals surface area contributed by atoms with Gasteiger partial charge in [0.2, 0.25) is 0 Å². The lowest BCUT2D eigenvalue weighted by atomic mass is 10.1. The monoisotopic (exact) mass is 247 g/mol. The zero-order chi connectivity index (χ0) is 13.1. The van der Waals surface area contributed by atoms with Gasteiger partial charge < -0.3 is 5.32 Å². The van der Waals surface area contributed by atoms with Crippen LogP contribution in [0.1, 0.15) is 24.1 Å². The molecule has 0 heterocycles. The van der Waals surface area contributed by atoms with Crippen molar-refractivity contribution in [1.82, 2.24) is 0 Å². The van der Waals surface area contributed by atoms with E-state index in [0.717, 1.165) is 22.9 Å². The Morgan fingerprint density at radius 2 is 1.78 bits per heavy atom. The average Bonchev–Trinajstić information content (AvgIpc) is 2.32. The topological polar surface area (TPSA) is 12.0 Å². The summed E-state index contributed by atoms with van der Waals surface area (Å²) in [6.07, 6.45) is 0. The van der Waals surface area contributed by atoms with Gasteiger partial charge in [-0.3, -0.25) is 0 Å². The van der Waals surface area contributed by atoms with Crippen LogP contribution in [0, 0.1) is 18.6 Å². The van der Waals surface area contributed by atoms with Crippen molar-refractivity contribution in [3.8, 4) is 0 Å². The van der Waals surface area contributed by atoms with Gasteiger partial charge in [-0.05, 0) is 49.2 Å². The minimum atomic E-state index is -0.818. The fourth-order valence-electron chi connectivity index (χ4n) is 1.85. The molecule has 0 bridgehead atoms. The summed E-state index contributed by atoms with van der Waals surface area (Å²) >= 11 is 0. The van der Waals surface area contributed by atoms with Crippen LogP contribution in [0.5, 0.6) is 0 Å². The van der Waals surface area contributed by atoms with Crippen LogP contribution in [0.25, 0.3) is 0 Å². The van der Waals surface area contributed by atoms with Crippen molar-refractivity contribution in [2.24, 2.45) is 0 Å². The van der Waals surface area contributed by atoms with Crippen LogP contribution < -0.4 is 5.32 Å². The van der Waals surface area contributed by atoms with E-state index in [9.17, 15) is 8.78 Å². The molecule has 2 rings (SSSR count). The highest BCUT2D eigenvalue weighted by atomic mass is 19.2. The highest BCUT2D eigenvalue weighted by Crippen LogP contribution is 2.21. The summed E-state index contributed by atoms with van der Waals surface area (Å²) in [6.45, 7) is 3.92. The molecule has 2 aromatic rings. The average molecular weight is 247 g/mol. The SMILES string of the molecule is Cc1cccc(NC(C)c2ccc(F)c(F)c2)c1. The Bertz CT molecular complexity index is 552. The lowest BCUT2D eigenvalue weighted by molar-refractivity contribution is 0.506. The maximum Gasteiger partial charge on any atom is 0.159 e. The fraction of sp³-hybridized carbons (Fsp3) is 0.200. The van der Waals surface area contributed by atoms with Gasteiger partial charge in [0.15, 0.2) is 11.6 Å². The Morgan fingerprint density at radius 1 is 1.00 bits per heavy atom. The molecule has 0 aliphatic heterocycles. The molecule has 1 nitrogen and oxygen atoms in total. The lowest BCUT2D eigenvalue weighted by Crippen LogP contribution is -2.07. The number of rotatable bonds is 3. The van der Waals surface area contributed by atoms with Crippen LogP contribution in [0.15, 0.2) is 42.5 Å². The largest absolute Gasteiger partial charge is 0.379 e. The van der Waals surface area contributed by atoms with E-state index < -0.39 is 11.6 Å². The van der Waals surface area contributed by atoms with E-state index in [-0.39, 0.29) is 6.04 Å². The second-order valence-electron chi connectivity index (χ2n) is 4.41. The predicted octanol–water partition coefficient (Wildman–Crippen LogP) is 4.45. The molecule has 94 valence electrons. The number of hydrogen-bond acceptors (Lipinski definition) is 1. The Kier molecular flexibility index (Phi) is 3.60. The van der Waals surface area contributed by atoms with E-state index in [1.807, 2.05) is 38.1 Å². The Morgan fingerprint density at radius 3 is 2.44 bits per heavy atom. The van der Waals surface area contributed by atoms with Gasteiger partial charge in [0.25, 0.3) is 0 Å². The zero-order valence-corrected chi connectivity index (χ0v) is 10.4. The van der Waals surface area contributed by atoms with Crippen LogP contribution in [0.4, 0.5) is 14.5 Å². The molecule has 18 heavy (non-hydrogen) atoms. The highest BCUT2D eigenvalue weighted by molar-refractivity contribution is 5.47. The van der Waals surface area contributed by atoms with Gasteiger partial charge in [0, 0.05) is 11.7 Å². The summed E-state index contributed by atoms with van der Waals surface area (Å²) in [5.74, 6) is -1.63. The Balaban J connectivity index is 2.16. The first-order valence-electron chi connectivity index (χ1n) is 5.84. The lowest BCUT2D eigenvalue weighted by Gasteiger charge is -2.16. The summed E-state index contributed by atoms with van der Waals surface area (Å²) in [7, 11) is 0. The molecule has 0 spiro atoms. The van der Waals surface area contributed by atoms with E-state index in [0.29, 0.717) is 0 Å². The van der Waals surface area contributed by atoms with Gasteiger partial charge >= 0.3 is 0 Å². The summed E-state index contributed by atoms with van der Waals surface area (Å²) in [5, 5.41) is 3.26. The first-order chi connectivity index (χ1) is 8.56. The molecular weight excluding hydrogens is 232 g/mol. The summed E-state index contributed by atoms with van der Waals surface area (Å²) in [6, 6.07) is 11.8. The van der Waals surface area contributed by atoms with E-state index in [1.54, 1.807) is 6.07 Å². The zero-order valence-electron chi connectivity index (χ0n) is 10.4. The number of nitrogens with one attached hydrogen (secondary N) is 1. The third-order valence-corrected chi connectivity index (χ3v) is 2.84. The first-order valence-corrected chi connectivity index (χ1v) is 5.84. The van der Waals surface area contributed by atoms with Crippen molar-refractivity contribution in [2.75, 3.05) is 5.32 Å². The van der Waals surface area contributed by atoms with E-state index in [2.05, 4.69) is 5.32 Å². The molecule has 2 aromatic carbocycles. The Hall–Kier alpha value is -1.90. The van der Waals surface area contributed by atoms with E-state index >= 15 is 0 Å². The molecule has 0 aliphatic rings. The number of hydrogen-bond donors (Lipinski definition) is 1. The fourth-order valence-corrected chi connectivity index (χ4v) is 1.85. The molecule has 0 saturated heterocycles. The molecule has 0 amide bonds. The van der Waals surface area contributed by atoms with Gasteiger partial charge in [0.05, 0.1) is 0 Å². The van der Waals surface area contributed by atoms with E-state index in [4.69, 9.17) is 0 Å². The number of anilines is 1. The number of aryl methyl sites for hydroxylation is 1. The van der Waals surface area contributed by atoms with Gasteiger partial charge in [-0.15, -0.1) is 0 Å². The number of halogens is 2. The summed E-state index contributed by atoms with van der Waals surface area (Å²) in [4.78, 5) is 0. The molecule has 0 fully saturated rings. The molecule has 1 N–H and O–H groups in total. The van der Waals surface area contributed by atoms with E-state index in [1.165, 1.54) is 6.07 Å². The Labute approximate surface area is 105 Å². The maximum atomic E-state index is 13.1. The third-order valence-electron chi connectivity index (χ3n) is 2.84. The predicted molar refractivity (Wildman–Crippen MR) is 69.6 cm³/mol. The van der Waals surface area contributed by atoms with Gasteiger partial charge in [0.1, 0.15) is 0 Å². The normalized spacial score (nSPS) is 12.2. The quantitative estimate of drug-likeness (QED) is 0.845. The molecule has 0 saturated carbocycles. The summed E-state index contributed by atoms with van der Waals surface area (Å²) in [5.41, 5.74) is 2.83. The van der Waals surface area contributed by atoms with Crippen LogP contribution in [0.3, 0.4) is 0 Å². The second kappa shape index (κ2) is 5.17. The molecule has 0 aromatic heterocycles. The number of benzene rings is 2. The first kappa shape index (κ1) is 12.6.